The van der Waals surface area contributed by atoms with Crippen molar-refractivity contribution in [3.05, 3.63) is 35.9 Å². The van der Waals surface area contributed by atoms with Crippen LogP contribution in [0.5, 0.6) is 0 Å². The van der Waals surface area contributed by atoms with Gasteiger partial charge in [-0.3, -0.25) is 0 Å². The molecule has 0 amide bonds. The molecule has 120 valence electrons. The highest BCUT2D eigenvalue weighted by Gasteiger charge is 2.37. The molecule has 21 heavy (non-hydrogen) atoms. The normalized spacial score (nSPS) is 15.8. The highest BCUT2D eigenvalue weighted by atomic mass is 28.4. The van der Waals surface area contributed by atoms with Crippen LogP contribution in [-0.4, -0.2) is 32.7 Å². The van der Waals surface area contributed by atoms with E-state index in [1.807, 2.05) is 18.2 Å². The van der Waals surface area contributed by atoms with E-state index in [9.17, 15) is 5.11 Å². The highest BCUT2D eigenvalue weighted by molar-refractivity contribution is 6.74. The first-order chi connectivity index (χ1) is 9.67. The number of hydrogen-bond donors (Lipinski definition) is 2. The molecule has 2 N–H and O–H groups in total. The fourth-order valence-electron chi connectivity index (χ4n) is 1.87. The zero-order chi connectivity index (χ0) is 16.1. The second-order valence-corrected chi connectivity index (χ2v) is 12.1. The largest absolute Gasteiger partial charge is 0.415 e. The summed E-state index contributed by atoms with van der Waals surface area (Å²) in [6.07, 6.45) is 0. The third kappa shape index (κ3) is 5.55. The molecule has 2 atom stereocenters. The monoisotopic (exact) mass is 309 g/mol. The predicted octanol–water partition coefficient (Wildman–Crippen LogP) is 3.72. The van der Waals surface area contributed by atoms with Gasteiger partial charge in [0.2, 0.25) is 0 Å². The van der Waals surface area contributed by atoms with Crippen LogP contribution in [0.1, 0.15) is 39.3 Å². The fourth-order valence-corrected chi connectivity index (χ4v) is 2.92. The SMILES string of the molecule is C[C@@H](N[C@H](CO)CO[Si](C)(C)C(C)(C)C)c1ccccc1. The summed E-state index contributed by atoms with van der Waals surface area (Å²) in [5.74, 6) is 0. The van der Waals surface area contributed by atoms with Gasteiger partial charge < -0.3 is 14.8 Å². The lowest BCUT2D eigenvalue weighted by Crippen LogP contribution is -2.46. The van der Waals surface area contributed by atoms with Gasteiger partial charge in [-0.1, -0.05) is 51.1 Å². The van der Waals surface area contributed by atoms with E-state index in [-0.39, 0.29) is 23.7 Å². The zero-order valence-electron chi connectivity index (χ0n) is 14.3. The summed E-state index contributed by atoms with van der Waals surface area (Å²) in [4.78, 5) is 0. The minimum absolute atomic E-state index is 0.0330. The minimum atomic E-state index is -1.77. The second kappa shape index (κ2) is 7.54. The van der Waals surface area contributed by atoms with Crippen molar-refractivity contribution < 1.29 is 9.53 Å². The molecule has 0 aromatic heterocycles. The van der Waals surface area contributed by atoms with Gasteiger partial charge in [0, 0.05) is 6.04 Å². The van der Waals surface area contributed by atoms with Gasteiger partial charge in [-0.05, 0) is 30.6 Å². The Hall–Kier alpha value is -0.683. The molecular formula is C17H31NO2Si. The van der Waals surface area contributed by atoms with E-state index in [0.29, 0.717) is 6.61 Å². The molecule has 0 unspecified atom stereocenters. The lowest BCUT2D eigenvalue weighted by atomic mass is 10.1. The number of rotatable bonds is 7. The van der Waals surface area contributed by atoms with E-state index in [2.05, 4.69) is 58.2 Å². The molecule has 1 rings (SSSR count). The molecule has 0 spiro atoms. The van der Waals surface area contributed by atoms with Crippen LogP contribution in [0.4, 0.5) is 0 Å². The van der Waals surface area contributed by atoms with Crippen molar-refractivity contribution in [2.45, 2.75) is 57.9 Å². The van der Waals surface area contributed by atoms with E-state index in [1.54, 1.807) is 0 Å². The van der Waals surface area contributed by atoms with Crippen LogP contribution in [0.2, 0.25) is 18.1 Å². The van der Waals surface area contributed by atoms with Gasteiger partial charge in [-0.15, -0.1) is 0 Å². The van der Waals surface area contributed by atoms with E-state index in [4.69, 9.17) is 4.43 Å². The van der Waals surface area contributed by atoms with Gasteiger partial charge in [0.05, 0.1) is 19.3 Å². The average Bonchev–Trinajstić information content (AvgIpc) is 2.43. The van der Waals surface area contributed by atoms with Gasteiger partial charge in [0.25, 0.3) is 0 Å². The van der Waals surface area contributed by atoms with Crippen molar-refractivity contribution in [3.63, 3.8) is 0 Å². The van der Waals surface area contributed by atoms with Crippen LogP contribution in [0.15, 0.2) is 30.3 Å². The quantitative estimate of drug-likeness (QED) is 0.754. The molecule has 0 aliphatic rings. The van der Waals surface area contributed by atoms with Crippen molar-refractivity contribution in [3.8, 4) is 0 Å². The molecular weight excluding hydrogens is 278 g/mol. The maximum absolute atomic E-state index is 9.59. The summed E-state index contributed by atoms with van der Waals surface area (Å²) < 4.78 is 6.20. The predicted molar refractivity (Wildman–Crippen MR) is 92.0 cm³/mol. The zero-order valence-corrected chi connectivity index (χ0v) is 15.3. The Kier molecular flexibility index (Phi) is 6.59. The molecule has 0 saturated heterocycles. The van der Waals surface area contributed by atoms with E-state index in [0.717, 1.165) is 0 Å². The lowest BCUT2D eigenvalue weighted by Gasteiger charge is -2.37. The number of benzene rings is 1. The molecule has 0 aliphatic heterocycles. The number of aliphatic hydroxyl groups is 1. The van der Waals surface area contributed by atoms with E-state index >= 15 is 0 Å². The molecule has 0 saturated carbocycles. The minimum Gasteiger partial charge on any atom is -0.415 e. The van der Waals surface area contributed by atoms with Crippen LogP contribution >= 0.6 is 0 Å². The fraction of sp³-hybridized carbons (Fsp3) is 0.647. The molecule has 1 aromatic carbocycles. The van der Waals surface area contributed by atoms with Gasteiger partial charge in [-0.25, -0.2) is 0 Å². The Morgan fingerprint density at radius 3 is 2.24 bits per heavy atom. The first-order valence-corrected chi connectivity index (χ1v) is 10.6. The molecule has 0 fully saturated rings. The molecule has 0 aliphatic carbocycles. The van der Waals surface area contributed by atoms with Crippen molar-refractivity contribution in [1.29, 1.82) is 0 Å². The Balaban J connectivity index is 2.56. The van der Waals surface area contributed by atoms with E-state index in [1.165, 1.54) is 5.56 Å². The summed E-state index contributed by atoms with van der Waals surface area (Å²) in [5.41, 5.74) is 1.23. The number of aliphatic hydroxyl groups excluding tert-OH is 1. The van der Waals surface area contributed by atoms with Crippen LogP contribution in [0.25, 0.3) is 0 Å². The average molecular weight is 310 g/mol. The summed E-state index contributed by atoms with van der Waals surface area (Å²) in [6, 6.07) is 10.4. The Morgan fingerprint density at radius 1 is 1.19 bits per heavy atom. The summed E-state index contributed by atoms with van der Waals surface area (Å²) in [5, 5.41) is 13.2. The van der Waals surface area contributed by atoms with Crippen LogP contribution in [-0.2, 0) is 4.43 Å². The maximum Gasteiger partial charge on any atom is 0.192 e. The number of hydrogen-bond acceptors (Lipinski definition) is 3. The number of nitrogens with one attached hydrogen (secondary N) is 1. The van der Waals surface area contributed by atoms with Gasteiger partial charge >= 0.3 is 0 Å². The molecule has 4 heteroatoms. The van der Waals surface area contributed by atoms with Crippen molar-refractivity contribution in [1.82, 2.24) is 5.32 Å². The van der Waals surface area contributed by atoms with Crippen LogP contribution in [0, 0.1) is 0 Å². The smallest absolute Gasteiger partial charge is 0.192 e. The van der Waals surface area contributed by atoms with Crippen molar-refractivity contribution in [2.24, 2.45) is 0 Å². The third-order valence-corrected chi connectivity index (χ3v) is 8.96. The van der Waals surface area contributed by atoms with Gasteiger partial charge in [-0.2, -0.15) is 0 Å². The lowest BCUT2D eigenvalue weighted by molar-refractivity contribution is 0.166. The summed E-state index contributed by atoms with van der Waals surface area (Å²) in [7, 11) is -1.77. The third-order valence-electron chi connectivity index (χ3n) is 4.46. The Bertz CT molecular complexity index is 415. The molecule has 0 bridgehead atoms. The van der Waals surface area contributed by atoms with Gasteiger partial charge in [0.1, 0.15) is 0 Å². The topological polar surface area (TPSA) is 41.5 Å². The Labute approximate surface area is 130 Å². The standard InChI is InChI=1S/C17H31NO2Si/c1-14(15-10-8-7-9-11-15)18-16(12-19)13-20-21(5,6)17(2,3)4/h7-11,14,16,18-19H,12-13H2,1-6H3/t14-,16-/m1/s1. The first kappa shape index (κ1) is 18.4. The molecule has 0 heterocycles. The summed E-state index contributed by atoms with van der Waals surface area (Å²) >= 11 is 0. The van der Waals surface area contributed by atoms with E-state index < -0.39 is 8.32 Å². The maximum atomic E-state index is 9.59. The van der Waals surface area contributed by atoms with Gasteiger partial charge in [0.15, 0.2) is 8.32 Å². The molecule has 1 aromatic rings. The molecule has 3 nitrogen and oxygen atoms in total. The van der Waals surface area contributed by atoms with Crippen LogP contribution in [0.3, 0.4) is 0 Å². The molecule has 0 radical (unpaired) electrons. The second-order valence-electron chi connectivity index (χ2n) is 7.25. The van der Waals surface area contributed by atoms with Crippen LogP contribution < -0.4 is 5.32 Å². The Morgan fingerprint density at radius 2 is 1.76 bits per heavy atom. The first-order valence-electron chi connectivity index (χ1n) is 7.73. The highest BCUT2D eigenvalue weighted by Crippen LogP contribution is 2.36. The van der Waals surface area contributed by atoms with Crippen molar-refractivity contribution in [2.75, 3.05) is 13.2 Å². The van der Waals surface area contributed by atoms with Crippen molar-refractivity contribution >= 4 is 8.32 Å². The summed E-state index contributed by atoms with van der Waals surface area (Å²) in [6.45, 7) is 13.9.